The molecule has 5 heteroatoms. The third-order valence-corrected chi connectivity index (χ3v) is 5.34. The molecule has 14 heavy (non-hydrogen) atoms. The minimum Gasteiger partial charge on any atom is -0.370 e. The Morgan fingerprint density at radius 3 is 2.50 bits per heavy atom. The number of hydrogen-bond acceptors (Lipinski definition) is 4. The minimum absolute atomic E-state index is 0.0925. The van der Waals surface area contributed by atoms with Gasteiger partial charge in [-0.1, -0.05) is 6.92 Å². The summed E-state index contributed by atoms with van der Waals surface area (Å²) in [6.45, 7) is 3.98. The molecule has 2 fully saturated rings. The monoisotopic (exact) mass is 220 g/mol. The van der Waals surface area contributed by atoms with E-state index in [9.17, 15) is 8.42 Å². The zero-order chi connectivity index (χ0) is 10.6. The predicted molar refractivity (Wildman–Crippen MR) is 51.4 cm³/mol. The van der Waals surface area contributed by atoms with E-state index in [0.717, 1.165) is 6.42 Å². The lowest BCUT2D eigenvalue weighted by Crippen LogP contribution is -2.42. The van der Waals surface area contributed by atoms with E-state index in [4.69, 9.17) is 4.74 Å². The largest absolute Gasteiger partial charge is 0.370 e. The van der Waals surface area contributed by atoms with E-state index >= 15 is 0 Å². The summed E-state index contributed by atoms with van der Waals surface area (Å²) in [5, 5.41) is -0.485. The molecule has 0 aromatic rings. The van der Waals surface area contributed by atoms with Gasteiger partial charge >= 0.3 is 0 Å². The lowest BCUT2D eigenvalue weighted by atomic mass is 9.83. The van der Waals surface area contributed by atoms with Gasteiger partial charge in [-0.2, -0.15) is 8.42 Å². The fraction of sp³-hybridized carbons (Fsp3) is 1.00. The Kier molecular flexibility index (Phi) is 2.18. The summed E-state index contributed by atoms with van der Waals surface area (Å²) in [7, 11) is -2.22. The highest BCUT2D eigenvalue weighted by Gasteiger charge is 2.58. The van der Waals surface area contributed by atoms with Crippen LogP contribution in [0.15, 0.2) is 0 Å². The van der Waals surface area contributed by atoms with Crippen molar-refractivity contribution in [2.24, 2.45) is 5.92 Å². The smallest absolute Gasteiger partial charge is 0.272 e. The molecule has 0 spiro atoms. The van der Waals surface area contributed by atoms with Crippen molar-refractivity contribution in [3.63, 3.8) is 0 Å². The quantitative estimate of drug-likeness (QED) is 0.649. The van der Waals surface area contributed by atoms with Gasteiger partial charge in [0.1, 0.15) is 5.25 Å². The molecule has 82 valence electrons. The Labute approximate surface area is 84.7 Å². The van der Waals surface area contributed by atoms with Gasteiger partial charge in [-0.15, -0.1) is 0 Å². The maximum Gasteiger partial charge on any atom is 0.272 e. The van der Waals surface area contributed by atoms with E-state index in [2.05, 4.69) is 11.1 Å². The summed E-state index contributed by atoms with van der Waals surface area (Å²) in [6.07, 6.45) is 1.48. The van der Waals surface area contributed by atoms with Crippen LogP contribution >= 0.6 is 0 Å². The molecule has 4 unspecified atom stereocenters. The van der Waals surface area contributed by atoms with Crippen molar-refractivity contribution in [1.82, 2.24) is 0 Å². The molecule has 2 heterocycles. The Hall–Kier alpha value is -0.130. The Bertz CT molecular complexity index is 333. The van der Waals surface area contributed by atoms with Crippen molar-refractivity contribution < 1.29 is 17.3 Å². The summed E-state index contributed by atoms with van der Waals surface area (Å²) in [5.74, 6) is 0.461. The van der Waals surface area contributed by atoms with E-state index in [1.807, 2.05) is 6.92 Å². The van der Waals surface area contributed by atoms with Gasteiger partial charge in [0.15, 0.2) is 0 Å². The molecule has 4 nitrogen and oxygen atoms in total. The molecular weight excluding hydrogens is 204 g/mol. The van der Waals surface area contributed by atoms with Crippen molar-refractivity contribution >= 4 is 10.1 Å². The molecule has 2 bridgehead atoms. The van der Waals surface area contributed by atoms with Crippen molar-refractivity contribution in [3.05, 3.63) is 0 Å². The lowest BCUT2D eigenvalue weighted by molar-refractivity contribution is 0.0254. The summed E-state index contributed by atoms with van der Waals surface area (Å²) >= 11 is 0. The van der Waals surface area contributed by atoms with Gasteiger partial charge in [-0.25, -0.2) is 0 Å². The van der Waals surface area contributed by atoms with E-state index in [1.54, 1.807) is 0 Å². The van der Waals surface area contributed by atoms with Gasteiger partial charge in [-0.05, 0) is 25.7 Å². The topological polar surface area (TPSA) is 52.6 Å². The predicted octanol–water partition coefficient (Wildman–Crippen LogP) is 0.919. The molecule has 0 amide bonds. The maximum atomic E-state index is 11.6. The molecule has 2 rings (SSSR count). The van der Waals surface area contributed by atoms with E-state index in [-0.39, 0.29) is 6.10 Å². The van der Waals surface area contributed by atoms with Gasteiger partial charge in [-0.3, -0.25) is 4.18 Å². The minimum atomic E-state index is -3.44. The highest BCUT2D eigenvalue weighted by atomic mass is 32.2. The van der Waals surface area contributed by atoms with Crippen molar-refractivity contribution in [2.45, 2.75) is 43.6 Å². The van der Waals surface area contributed by atoms with E-state index in [0.29, 0.717) is 12.3 Å². The van der Waals surface area contributed by atoms with Crippen molar-refractivity contribution in [3.8, 4) is 0 Å². The Balaban J connectivity index is 2.28. The normalized spacial score (nSPS) is 47.2. The van der Waals surface area contributed by atoms with Crippen LogP contribution < -0.4 is 0 Å². The number of ether oxygens (including phenoxy) is 1. The second-order valence-corrected chi connectivity index (χ2v) is 6.42. The van der Waals surface area contributed by atoms with Gasteiger partial charge in [0.25, 0.3) is 10.1 Å². The first-order valence-corrected chi connectivity index (χ1v) is 6.33. The summed E-state index contributed by atoms with van der Waals surface area (Å²) in [5.41, 5.74) is -0.529. The standard InChI is InChI=1S/C9H16O4S/c1-6-5-9(2)8(4-7(6)13-9)14(10,11)12-3/h6-8H,4-5H2,1-3H3. The number of fused-ring (bicyclic) bond motifs is 2. The zero-order valence-corrected chi connectivity index (χ0v) is 9.50. The van der Waals surface area contributed by atoms with Crippen LogP contribution in [0.5, 0.6) is 0 Å². The molecule has 2 aliphatic rings. The summed E-state index contributed by atoms with van der Waals surface area (Å²) < 4.78 is 33.5. The molecule has 0 saturated carbocycles. The van der Waals surface area contributed by atoms with Crippen LogP contribution in [0.25, 0.3) is 0 Å². The van der Waals surface area contributed by atoms with Gasteiger partial charge in [0.2, 0.25) is 0 Å². The van der Waals surface area contributed by atoms with Gasteiger partial charge < -0.3 is 4.74 Å². The molecule has 0 aliphatic carbocycles. The first kappa shape index (κ1) is 10.4. The third-order valence-electron chi connectivity index (χ3n) is 3.49. The zero-order valence-electron chi connectivity index (χ0n) is 8.69. The first-order valence-electron chi connectivity index (χ1n) is 4.86. The van der Waals surface area contributed by atoms with Crippen LogP contribution in [0.4, 0.5) is 0 Å². The van der Waals surface area contributed by atoms with Crippen molar-refractivity contribution in [1.29, 1.82) is 0 Å². The van der Waals surface area contributed by atoms with Crippen LogP contribution in [0.1, 0.15) is 26.7 Å². The fourth-order valence-corrected chi connectivity index (χ4v) is 4.19. The SMILES string of the molecule is COS(=O)(=O)C1CC2OC1(C)CC2C. The van der Waals surface area contributed by atoms with Gasteiger partial charge in [0.05, 0.1) is 18.8 Å². The van der Waals surface area contributed by atoms with E-state index < -0.39 is 21.0 Å². The van der Waals surface area contributed by atoms with Crippen LogP contribution in [0.3, 0.4) is 0 Å². The fourth-order valence-electron chi connectivity index (χ4n) is 2.77. The molecule has 2 saturated heterocycles. The number of hydrogen-bond donors (Lipinski definition) is 0. The Morgan fingerprint density at radius 1 is 1.50 bits per heavy atom. The number of rotatable bonds is 2. The summed E-state index contributed by atoms with van der Waals surface area (Å²) in [6, 6.07) is 0. The molecule has 2 aliphatic heterocycles. The summed E-state index contributed by atoms with van der Waals surface area (Å²) in [4.78, 5) is 0. The highest BCUT2D eigenvalue weighted by Crippen LogP contribution is 2.49. The second-order valence-electron chi connectivity index (χ2n) is 4.53. The Morgan fingerprint density at radius 2 is 2.14 bits per heavy atom. The van der Waals surface area contributed by atoms with Crippen LogP contribution in [-0.4, -0.2) is 32.5 Å². The molecule has 0 aromatic carbocycles. The lowest BCUT2D eigenvalue weighted by Gasteiger charge is -2.28. The molecule has 4 atom stereocenters. The molecular formula is C9H16O4S. The molecule has 0 N–H and O–H groups in total. The third kappa shape index (κ3) is 1.30. The van der Waals surface area contributed by atoms with Crippen LogP contribution in [0.2, 0.25) is 0 Å². The highest BCUT2D eigenvalue weighted by molar-refractivity contribution is 7.87. The van der Waals surface area contributed by atoms with Crippen LogP contribution in [0, 0.1) is 5.92 Å². The van der Waals surface area contributed by atoms with E-state index in [1.165, 1.54) is 7.11 Å². The molecule has 0 aromatic heterocycles. The van der Waals surface area contributed by atoms with Gasteiger partial charge in [0, 0.05) is 0 Å². The second kappa shape index (κ2) is 2.93. The average molecular weight is 220 g/mol. The average Bonchev–Trinajstić information content (AvgIpc) is 2.56. The molecule has 0 radical (unpaired) electrons. The maximum absolute atomic E-state index is 11.6. The van der Waals surface area contributed by atoms with Crippen molar-refractivity contribution in [2.75, 3.05) is 7.11 Å². The first-order chi connectivity index (χ1) is 6.39. The van der Waals surface area contributed by atoms with Crippen LogP contribution in [-0.2, 0) is 19.0 Å².